The Hall–Kier alpha value is -2.01. The lowest BCUT2D eigenvalue weighted by molar-refractivity contribution is 0.285. The van der Waals surface area contributed by atoms with E-state index in [4.69, 9.17) is 4.74 Å². The third kappa shape index (κ3) is 3.72. The third-order valence-electron chi connectivity index (χ3n) is 2.54. The summed E-state index contributed by atoms with van der Waals surface area (Å²) in [5, 5.41) is 3.02. The lowest BCUT2D eigenvalue weighted by Gasteiger charge is -2.07. The van der Waals surface area contributed by atoms with Gasteiger partial charge in [0.25, 0.3) is 0 Å². The lowest BCUT2D eigenvalue weighted by Crippen LogP contribution is -2.06. The van der Waals surface area contributed by atoms with Crippen LogP contribution in [0.4, 0.5) is 8.78 Å². The highest BCUT2D eigenvalue weighted by atomic mass is 19.1. The van der Waals surface area contributed by atoms with Gasteiger partial charge in [-0.05, 0) is 30.8 Å². The maximum Gasteiger partial charge on any atom is 0.167 e. The van der Waals surface area contributed by atoms with E-state index in [9.17, 15) is 8.78 Å². The third-order valence-corrected chi connectivity index (χ3v) is 2.54. The van der Waals surface area contributed by atoms with Crippen LogP contribution >= 0.6 is 0 Å². The zero-order valence-corrected chi connectivity index (χ0v) is 10.5. The predicted molar refractivity (Wildman–Crippen MR) is 67.7 cm³/mol. The second kappa shape index (κ2) is 6.24. The highest BCUT2D eigenvalue weighted by Crippen LogP contribution is 2.18. The largest absolute Gasteiger partial charge is 0.484 e. The van der Waals surface area contributed by atoms with Gasteiger partial charge in [0.15, 0.2) is 11.6 Å². The number of nitrogens with one attached hydrogen (secondary N) is 1. The summed E-state index contributed by atoms with van der Waals surface area (Å²) >= 11 is 0. The summed E-state index contributed by atoms with van der Waals surface area (Å²) in [6, 6.07) is 6.94. The summed E-state index contributed by atoms with van der Waals surface area (Å²) in [7, 11) is 1.86. The molecule has 1 aromatic carbocycles. The van der Waals surface area contributed by atoms with Gasteiger partial charge in [-0.3, -0.25) is 4.98 Å². The van der Waals surface area contributed by atoms with Crippen LogP contribution in [0.25, 0.3) is 0 Å². The molecule has 2 rings (SSSR count). The highest BCUT2D eigenvalue weighted by molar-refractivity contribution is 5.25. The molecule has 3 nitrogen and oxygen atoms in total. The summed E-state index contributed by atoms with van der Waals surface area (Å²) in [5.74, 6) is -1.33. The fourth-order valence-electron chi connectivity index (χ4n) is 1.59. The molecule has 0 amide bonds. The average Bonchev–Trinajstić information content (AvgIpc) is 2.40. The van der Waals surface area contributed by atoms with Crippen LogP contribution in [0.1, 0.15) is 11.3 Å². The fourth-order valence-corrected chi connectivity index (χ4v) is 1.59. The smallest absolute Gasteiger partial charge is 0.167 e. The Balaban J connectivity index is 1.98. The van der Waals surface area contributed by atoms with Crippen molar-refractivity contribution in [2.24, 2.45) is 0 Å². The quantitative estimate of drug-likeness (QED) is 0.901. The second-order valence-corrected chi connectivity index (χ2v) is 4.05. The van der Waals surface area contributed by atoms with Gasteiger partial charge in [0.1, 0.15) is 12.4 Å². The molecule has 0 bridgehead atoms. The Morgan fingerprint density at radius 2 is 2.05 bits per heavy atom. The Morgan fingerprint density at radius 1 is 1.21 bits per heavy atom. The molecule has 100 valence electrons. The van der Waals surface area contributed by atoms with Crippen molar-refractivity contribution in [2.75, 3.05) is 7.05 Å². The van der Waals surface area contributed by atoms with Crippen molar-refractivity contribution in [3.63, 3.8) is 0 Å². The molecule has 0 aliphatic carbocycles. The minimum absolute atomic E-state index is 0.0162. The van der Waals surface area contributed by atoms with E-state index in [0.29, 0.717) is 5.69 Å². The van der Waals surface area contributed by atoms with Gasteiger partial charge in [0.2, 0.25) is 0 Å². The summed E-state index contributed by atoms with van der Waals surface area (Å²) in [4.78, 5) is 4.20. The van der Waals surface area contributed by atoms with Gasteiger partial charge >= 0.3 is 0 Å². The molecule has 0 spiro atoms. The van der Waals surface area contributed by atoms with Crippen molar-refractivity contribution >= 4 is 0 Å². The van der Waals surface area contributed by atoms with Gasteiger partial charge in [-0.15, -0.1) is 0 Å². The van der Waals surface area contributed by atoms with E-state index < -0.39 is 11.6 Å². The minimum atomic E-state index is -0.716. The molecule has 5 heteroatoms. The molecule has 0 saturated carbocycles. The van der Waals surface area contributed by atoms with E-state index in [-0.39, 0.29) is 12.4 Å². The Kier molecular flexibility index (Phi) is 4.41. The van der Waals surface area contributed by atoms with Gasteiger partial charge in [0, 0.05) is 18.8 Å². The van der Waals surface area contributed by atoms with Crippen molar-refractivity contribution in [2.45, 2.75) is 13.2 Å². The van der Waals surface area contributed by atoms with E-state index in [0.717, 1.165) is 24.2 Å². The normalized spacial score (nSPS) is 10.5. The van der Waals surface area contributed by atoms with Gasteiger partial charge in [-0.1, -0.05) is 6.07 Å². The number of pyridine rings is 1. The molecule has 0 fully saturated rings. The molecule has 0 atom stereocenters. The van der Waals surface area contributed by atoms with Crippen LogP contribution in [0.15, 0.2) is 36.5 Å². The number of ether oxygens (including phenoxy) is 1. The van der Waals surface area contributed by atoms with Gasteiger partial charge in [-0.25, -0.2) is 8.78 Å². The van der Waals surface area contributed by atoms with Crippen LogP contribution < -0.4 is 10.1 Å². The lowest BCUT2D eigenvalue weighted by atomic mass is 10.2. The van der Waals surface area contributed by atoms with E-state index in [1.165, 1.54) is 6.07 Å². The van der Waals surface area contributed by atoms with Gasteiger partial charge in [0.05, 0.1) is 5.69 Å². The molecule has 0 aliphatic heterocycles. The molecule has 0 unspecified atom stereocenters. The van der Waals surface area contributed by atoms with Crippen molar-refractivity contribution in [1.29, 1.82) is 0 Å². The highest BCUT2D eigenvalue weighted by Gasteiger charge is 2.05. The molecule has 0 aliphatic rings. The molecule has 0 saturated heterocycles. The zero-order valence-electron chi connectivity index (χ0n) is 10.5. The number of aromatic nitrogens is 1. The average molecular weight is 264 g/mol. The first-order valence-corrected chi connectivity index (χ1v) is 5.85. The molecular weight excluding hydrogens is 250 g/mol. The van der Waals surface area contributed by atoms with Gasteiger partial charge < -0.3 is 10.1 Å². The predicted octanol–water partition coefficient (Wildman–Crippen LogP) is 2.66. The number of benzene rings is 1. The topological polar surface area (TPSA) is 34.1 Å². The fraction of sp³-hybridized carbons (Fsp3) is 0.214. The molecule has 1 heterocycles. The Bertz CT molecular complexity index is 544. The molecule has 2 aromatic rings. The Labute approximate surface area is 110 Å². The summed E-state index contributed by atoms with van der Waals surface area (Å²) in [5.41, 5.74) is 1.74. The molecule has 1 N–H and O–H groups in total. The van der Waals surface area contributed by atoms with E-state index in [1.807, 2.05) is 19.2 Å². The first-order valence-electron chi connectivity index (χ1n) is 5.85. The molecule has 1 aromatic heterocycles. The number of hydrogen-bond acceptors (Lipinski definition) is 3. The van der Waals surface area contributed by atoms with E-state index in [1.54, 1.807) is 6.20 Å². The molecule has 0 radical (unpaired) electrons. The minimum Gasteiger partial charge on any atom is -0.484 e. The van der Waals surface area contributed by atoms with Crippen molar-refractivity contribution in [1.82, 2.24) is 10.3 Å². The monoisotopic (exact) mass is 264 g/mol. The van der Waals surface area contributed by atoms with E-state index in [2.05, 4.69) is 10.3 Å². The molecule has 19 heavy (non-hydrogen) atoms. The number of rotatable bonds is 5. The van der Waals surface area contributed by atoms with Crippen LogP contribution in [-0.4, -0.2) is 12.0 Å². The zero-order chi connectivity index (χ0) is 13.7. The molecular formula is C14H14F2N2O. The maximum atomic E-state index is 13.3. The van der Waals surface area contributed by atoms with Crippen molar-refractivity contribution in [3.05, 3.63) is 59.4 Å². The summed E-state index contributed by atoms with van der Waals surface area (Å²) < 4.78 is 31.3. The summed E-state index contributed by atoms with van der Waals surface area (Å²) in [6.07, 6.45) is 1.73. The van der Waals surface area contributed by atoms with Gasteiger partial charge in [-0.2, -0.15) is 0 Å². The van der Waals surface area contributed by atoms with Crippen molar-refractivity contribution in [3.8, 4) is 5.75 Å². The number of hydrogen-bond donors (Lipinski definition) is 1. The number of nitrogens with zero attached hydrogens (tertiary/aromatic N) is 1. The van der Waals surface area contributed by atoms with Crippen LogP contribution in [0.2, 0.25) is 0 Å². The SMILES string of the molecule is CNCc1ccc(COc2ccc(F)cc2F)nc1. The first kappa shape index (κ1) is 13.4. The van der Waals surface area contributed by atoms with E-state index >= 15 is 0 Å². The van der Waals surface area contributed by atoms with Crippen LogP contribution in [0, 0.1) is 11.6 Å². The first-order chi connectivity index (χ1) is 9.19. The number of halogens is 2. The standard InChI is InChI=1S/C14H14F2N2O/c1-17-7-10-2-4-12(18-8-10)9-19-14-5-3-11(15)6-13(14)16/h2-6,8,17H,7,9H2,1H3. The Morgan fingerprint density at radius 3 is 2.68 bits per heavy atom. The summed E-state index contributed by atoms with van der Waals surface area (Å²) in [6.45, 7) is 0.878. The van der Waals surface area contributed by atoms with Crippen LogP contribution in [-0.2, 0) is 13.2 Å². The maximum absolute atomic E-state index is 13.3. The van der Waals surface area contributed by atoms with Crippen molar-refractivity contribution < 1.29 is 13.5 Å². The second-order valence-electron chi connectivity index (χ2n) is 4.05. The van der Waals surface area contributed by atoms with Crippen LogP contribution in [0.3, 0.4) is 0 Å². The van der Waals surface area contributed by atoms with Crippen LogP contribution in [0.5, 0.6) is 5.75 Å².